The second-order valence-corrected chi connectivity index (χ2v) is 6.80. The monoisotopic (exact) mass is 438 g/mol. The van der Waals surface area contributed by atoms with Crippen LogP contribution >= 0.6 is 0 Å². The van der Waals surface area contributed by atoms with Crippen LogP contribution in [0.15, 0.2) is 58.7 Å². The molecule has 170 valence electrons. The van der Waals surface area contributed by atoms with E-state index in [4.69, 9.17) is 9.47 Å². The summed E-state index contributed by atoms with van der Waals surface area (Å²) >= 11 is 0. The average Bonchev–Trinajstić information content (AvgIpc) is 2.79. The molecule has 0 unspecified atom stereocenters. The quantitative estimate of drug-likeness (QED) is 0.283. The zero-order valence-electron chi connectivity index (χ0n) is 18.5. The summed E-state index contributed by atoms with van der Waals surface area (Å²) in [6, 6.07) is 14.8. The molecule has 0 spiro atoms. The van der Waals surface area contributed by atoms with Gasteiger partial charge in [0.05, 0.1) is 25.6 Å². The van der Waals surface area contributed by atoms with Crippen LogP contribution in [0.2, 0.25) is 0 Å². The molecule has 0 saturated carbocycles. The molecule has 2 aromatic carbocycles. The van der Waals surface area contributed by atoms with Crippen molar-refractivity contribution in [1.82, 2.24) is 10.9 Å². The lowest BCUT2D eigenvalue weighted by atomic mass is 10.2. The molecule has 0 aliphatic heterocycles. The van der Waals surface area contributed by atoms with Gasteiger partial charge in [0.2, 0.25) is 11.8 Å². The minimum Gasteiger partial charge on any atom is -0.494 e. The molecule has 0 fully saturated rings. The second kappa shape index (κ2) is 14.3. The van der Waals surface area contributed by atoms with E-state index in [1.165, 1.54) is 0 Å². The summed E-state index contributed by atoms with van der Waals surface area (Å²) < 4.78 is 10.7. The Bertz CT molecular complexity index is 818. The fourth-order valence-electron chi connectivity index (χ4n) is 2.67. The van der Waals surface area contributed by atoms with Gasteiger partial charge in [0.25, 0.3) is 0 Å². The molecule has 0 aliphatic rings. The summed E-state index contributed by atoms with van der Waals surface area (Å²) in [5.41, 5.74) is 6.69. The summed E-state index contributed by atoms with van der Waals surface area (Å²) in [5, 5.41) is 7.89. The fourth-order valence-corrected chi connectivity index (χ4v) is 2.67. The molecule has 0 bridgehead atoms. The maximum Gasteiger partial charge on any atom is 0.240 e. The normalized spacial score (nSPS) is 10.9. The number of hydrogen-bond acceptors (Lipinski definition) is 6. The fraction of sp³-hybridized carbons (Fsp3) is 0.333. The Morgan fingerprint density at radius 2 is 1.09 bits per heavy atom. The van der Waals surface area contributed by atoms with E-state index in [1.807, 2.05) is 62.4 Å². The Morgan fingerprint density at radius 3 is 1.44 bits per heavy atom. The molecule has 0 heterocycles. The molecule has 0 atom stereocenters. The molecule has 2 amide bonds. The number of rotatable bonds is 13. The first-order valence-electron chi connectivity index (χ1n) is 10.7. The van der Waals surface area contributed by atoms with Gasteiger partial charge in [-0.3, -0.25) is 9.59 Å². The third kappa shape index (κ3) is 9.88. The smallest absolute Gasteiger partial charge is 0.240 e. The van der Waals surface area contributed by atoms with Crippen molar-refractivity contribution in [2.24, 2.45) is 10.2 Å². The number of benzene rings is 2. The van der Waals surface area contributed by atoms with Crippen LogP contribution in [0.1, 0.15) is 50.7 Å². The Kier molecular flexibility index (Phi) is 11.0. The van der Waals surface area contributed by atoms with Crippen LogP contribution < -0.4 is 20.3 Å². The van der Waals surface area contributed by atoms with Crippen LogP contribution in [0.25, 0.3) is 0 Å². The minimum absolute atomic E-state index is 0.193. The first-order chi connectivity index (χ1) is 15.6. The van der Waals surface area contributed by atoms with Gasteiger partial charge in [-0.2, -0.15) is 10.2 Å². The third-order valence-corrected chi connectivity index (χ3v) is 4.25. The lowest BCUT2D eigenvalue weighted by Gasteiger charge is -2.03. The average molecular weight is 439 g/mol. The van der Waals surface area contributed by atoms with Crippen molar-refractivity contribution >= 4 is 24.2 Å². The van der Waals surface area contributed by atoms with Gasteiger partial charge < -0.3 is 9.47 Å². The third-order valence-electron chi connectivity index (χ3n) is 4.25. The van der Waals surface area contributed by atoms with Crippen LogP contribution in [0.3, 0.4) is 0 Å². The molecule has 0 saturated heterocycles. The number of hydrogen-bond donors (Lipinski definition) is 2. The van der Waals surface area contributed by atoms with E-state index in [0.29, 0.717) is 38.9 Å². The van der Waals surface area contributed by atoms with Gasteiger partial charge in [0, 0.05) is 12.8 Å². The Balaban J connectivity index is 1.57. The van der Waals surface area contributed by atoms with Gasteiger partial charge in [0.15, 0.2) is 0 Å². The lowest BCUT2D eigenvalue weighted by molar-refractivity contribution is -0.123. The van der Waals surface area contributed by atoms with Crippen molar-refractivity contribution < 1.29 is 19.1 Å². The van der Waals surface area contributed by atoms with E-state index < -0.39 is 0 Å². The second-order valence-electron chi connectivity index (χ2n) is 6.80. The molecule has 0 aliphatic carbocycles. The van der Waals surface area contributed by atoms with Gasteiger partial charge in [-0.05, 0) is 86.3 Å². The van der Waals surface area contributed by atoms with E-state index in [2.05, 4.69) is 21.1 Å². The van der Waals surface area contributed by atoms with Crippen molar-refractivity contribution in [3.05, 3.63) is 59.7 Å². The van der Waals surface area contributed by atoms with Gasteiger partial charge in [-0.1, -0.05) is 0 Å². The molecule has 2 aromatic rings. The summed E-state index contributed by atoms with van der Waals surface area (Å²) in [6.45, 7) is 5.08. The van der Waals surface area contributed by atoms with Crippen molar-refractivity contribution in [2.75, 3.05) is 13.2 Å². The number of ether oxygens (including phenoxy) is 2. The highest BCUT2D eigenvalue weighted by Gasteiger charge is 2.03. The number of nitrogens with one attached hydrogen (secondary N) is 2. The number of amides is 2. The van der Waals surface area contributed by atoms with Crippen LogP contribution in [0.4, 0.5) is 0 Å². The standard InChI is InChI=1S/C24H30N4O4/c1-3-31-21-13-9-19(10-14-21)17-25-27-23(29)7-5-6-8-24(30)28-26-18-20-11-15-22(16-12-20)32-4-2/h9-18H,3-8H2,1-2H3,(H,27,29)(H,28,30)/b25-17+,26-18+. The predicted molar refractivity (Wildman–Crippen MR) is 125 cm³/mol. The van der Waals surface area contributed by atoms with Gasteiger partial charge in [-0.15, -0.1) is 0 Å². The molecule has 0 radical (unpaired) electrons. The van der Waals surface area contributed by atoms with E-state index >= 15 is 0 Å². The van der Waals surface area contributed by atoms with Gasteiger partial charge >= 0.3 is 0 Å². The molecular formula is C24H30N4O4. The maximum absolute atomic E-state index is 11.8. The SMILES string of the molecule is CCOc1ccc(/C=N/NC(=O)CCCCC(=O)N/N=C/c2ccc(OCC)cc2)cc1. The summed E-state index contributed by atoms with van der Waals surface area (Å²) in [5.74, 6) is 1.20. The van der Waals surface area contributed by atoms with Crippen molar-refractivity contribution in [3.63, 3.8) is 0 Å². The van der Waals surface area contributed by atoms with Crippen LogP contribution in [0, 0.1) is 0 Å². The topological polar surface area (TPSA) is 101 Å². The number of hydrazone groups is 2. The minimum atomic E-state index is -0.193. The lowest BCUT2D eigenvalue weighted by Crippen LogP contribution is -2.19. The van der Waals surface area contributed by atoms with Crippen LogP contribution in [0.5, 0.6) is 11.5 Å². The molecule has 8 nitrogen and oxygen atoms in total. The Hall–Kier alpha value is -3.68. The summed E-state index contributed by atoms with van der Waals surface area (Å²) in [7, 11) is 0. The van der Waals surface area contributed by atoms with Crippen molar-refractivity contribution in [3.8, 4) is 11.5 Å². The highest BCUT2D eigenvalue weighted by atomic mass is 16.5. The highest BCUT2D eigenvalue weighted by Crippen LogP contribution is 2.11. The van der Waals surface area contributed by atoms with E-state index in [1.54, 1.807) is 12.4 Å². The molecular weight excluding hydrogens is 408 g/mol. The summed E-state index contributed by atoms with van der Waals surface area (Å²) in [4.78, 5) is 23.7. The molecule has 0 aromatic heterocycles. The highest BCUT2D eigenvalue weighted by molar-refractivity contribution is 5.83. The van der Waals surface area contributed by atoms with E-state index in [0.717, 1.165) is 22.6 Å². The van der Waals surface area contributed by atoms with Gasteiger partial charge in [-0.25, -0.2) is 10.9 Å². The number of nitrogens with zero attached hydrogens (tertiary/aromatic N) is 2. The van der Waals surface area contributed by atoms with Crippen molar-refractivity contribution in [1.29, 1.82) is 0 Å². The molecule has 32 heavy (non-hydrogen) atoms. The zero-order valence-corrected chi connectivity index (χ0v) is 18.5. The summed E-state index contributed by atoms with van der Waals surface area (Å²) in [6.07, 6.45) is 4.90. The number of unbranched alkanes of at least 4 members (excludes halogenated alkanes) is 1. The number of carbonyl (C=O) groups is 2. The van der Waals surface area contributed by atoms with E-state index in [-0.39, 0.29) is 11.8 Å². The molecule has 2 N–H and O–H groups in total. The first-order valence-corrected chi connectivity index (χ1v) is 10.7. The van der Waals surface area contributed by atoms with Crippen LogP contribution in [-0.2, 0) is 9.59 Å². The largest absolute Gasteiger partial charge is 0.494 e. The number of carbonyl (C=O) groups excluding carboxylic acids is 2. The van der Waals surface area contributed by atoms with Crippen LogP contribution in [-0.4, -0.2) is 37.5 Å². The zero-order chi connectivity index (χ0) is 23.0. The molecule has 2 rings (SSSR count). The molecule has 8 heteroatoms. The van der Waals surface area contributed by atoms with Crippen molar-refractivity contribution in [2.45, 2.75) is 39.5 Å². The maximum atomic E-state index is 11.8. The first kappa shape index (κ1) is 24.6. The van der Waals surface area contributed by atoms with E-state index in [9.17, 15) is 9.59 Å². The van der Waals surface area contributed by atoms with Gasteiger partial charge in [0.1, 0.15) is 11.5 Å². The predicted octanol–water partition coefficient (Wildman–Crippen LogP) is 3.64. The Morgan fingerprint density at radius 1 is 0.719 bits per heavy atom. The Labute approximate surface area is 188 Å².